The predicted octanol–water partition coefficient (Wildman–Crippen LogP) is 4.37. The van der Waals surface area contributed by atoms with Crippen molar-refractivity contribution in [1.82, 2.24) is 9.97 Å². The molecule has 0 saturated carbocycles. The SMILES string of the molecule is Cc1ccc(C2CC(C)CCN2c2nccc(C(F)(F)F)n2)o1. The lowest BCUT2D eigenvalue weighted by Gasteiger charge is -2.37. The van der Waals surface area contributed by atoms with Crippen LogP contribution in [0, 0.1) is 12.8 Å². The number of hydrogen-bond acceptors (Lipinski definition) is 4. The lowest BCUT2D eigenvalue weighted by Crippen LogP contribution is -2.37. The number of furan rings is 1. The number of halogens is 3. The number of aryl methyl sites for hydroxylation is 1. The largest absolute Gasteiger partial charge is 0.464 e. The molecule has 1 fully saturated rings. The minimum atomic E-state index is -4.47. The van der Waals surface area contributed by atoms with Gasteiger partial charge in [0.05, 0.1) is 6.04 Å². The van der Waals surface area contributed by atoms with Gasteiger partial charge in [-0.05, 0) is 43.9 Å². The fraction of sp³-hybridized carbons (Fsp3) is 0.500. The molecule has 23 heavy (non-hydrogen) atoms. The highest BCUT2D eigenvalue weighted by atomic mass is 19.4. The molecule has 1 saturated heterocycles. The normalized spacial score (nSPS) is 22.4. The maximum Gasteiger partial charge on any atom is 0.433 e. The zero-order valence-corrected chi connectivity index (χ0v) is 13.0. The van der Waals surface area contributed by atoms with E-state index < -0.39 is 11.9 Å². The van der Waals surface area contributed by atoms with E-state index in [1.165, 1.54) is 0 Å². The van der Waals surface area contributed by atoms with Gasteiger partial charge in [-0.25, -0.2) is 9.97 Å². The fourth-order valence-electron chi connectivity index (χ4n) is 2.93. The van der Waals surface area contributed by atoms with Crippen molar-refractivity contribution in [2.45, 2.75) is 38.9 Å². The van der Waals surface area contributed by atoms with E-state index in [1.807, 2.05) is 24.0 Å². The van der Waals surface area contributed by atoms with Gasteiger partial charge in [0.2, 0.25) is 5.95 Å². The molecule has 4 nitrogen and oxygen atoms in total. The molecule has 2 atom stereocenters. The summed E-state index contributed by atoms with van der Waals surface area (Å²) in [4.78, 5) is 9.59. The molecule has 2 unspecified atom stereocenters. The molecule has 2 aromatic rings. The molecule has 7 heteroatoms. The zero-order valence-electron chi connectivity index (χ0n) is 13.0. The molecule has 0 aromatic carbocycles. The first-order valence-corrected chi connectivity index (χ1v) is 7.58. The molecule has 0 bridgehead atoms. The maximum absolute atomic E-state index is 12.9. The van der Waals surface area contributed by atoms with E-state index in [9.17, 15) is 13.2 Å². The standard InChI is InChI=1S/C16H18F3N3O/c1-10-6-8-22(12(9-10)13-4-3-11(2)23-13)15-20-7-5-14(21-15)16(17,18)19/h3-5,7,10,12H,6,8-9H2,1-2H3. The molecule has 0 radical (unpaired) electrons. The molecule has 0 amide bonds. The van der Waals surface area contributed by atoms with Crippen molar-refractivity contribution in [3.63, 3.8) is 0 Å². The number of nitrogens with zero attached hydrogens (tertiary/aromatic N) is 3. The summed E-state index contributed by atoms with van der Waals surface area (Å²) in [6, 6.07) is 4.48. The second kappa shape index (κ2) is 5.86. The number of rotatable bonds is 2. The summed E-state index contributed by atoms with van der Waals surface area (Å²) in [6.45, 7) is 4.58. The monoisotopic (exact) mass is 325 g/mol. The lowest BCUT2D eigenvalue weighted by atomic mass is 9.91. The number of hydrogen-bond donors (Lipinski definition) is 0. The van der Waals surface area contributed by atoms with Gasteiger partial charge in [-0.15, -0.1) is 0 Å². The van der Waals surface area contributed by atoms with Crippen LogP contribution in [-0.4, -0.2) is 16.5 Å². The highest BCUT2D eigenvalue weighted by Crippen LogP contribution is 2.37. The second-order valence-electron chi connectivity index (χ2n) is 6.03. The van der Waals surface area contributed by atoms with Crippen molar-refractivity contribution < 1.29 is 17.6 Å². The van der Waals surface area contributed by atoms with E-state index in [-0.39, 0.29) is 12.0 Å². The zero-order chi connectivity index (χ0) is 16.6. The van der Waals surface area contributed by atoms with Crippen molar-refractivity contribution in [3.8, 4) is 0 Å². The molecular weight excluding hydrogens is 307 g/mol. The van der Waals surface area contributed by atoms with Gasteiger partial charge in [-0.2, -0.15) is 13.2 Å². The minimum Gasteiger partial charge on any atom is -0.464 e. The van der Waals surface area contributed by atoms with E-state index in [4.69, 9.17) is 4.42 Å². The van der Waals surface area contributed by atoms with Gasteiger partial charge < -0.3 is 9.32 Å². The van der Waals surface area contributed by atoms with Gasteiger partial charge in [0.25, 0.3) is 0 Å². The Labute approximate surface area is 132 Å². The molecule has 124 valence electrons. The Morgan fingerprint density at radius 1 is 1.26 bits per heavy atom. The summed E-state index contributed by atoms with van der Waals surface area (Å²) in [6.07, 6.45) is -1.63. The Morgan fingerprint density at radius 2 is 2.04 bits per heavy atom. The van der Waals surface area contributed by atoms with E-state index in [1.54, 1.807) is 0 Å². The summed E-state index contributed by atoms with van der Waals surface area (Å²) in [5.74, 6) is 2.09. The summed E-state index contributed by atoms with van der Waals surface area (Å²) in [7, 11) is 0. The van der Waals surface area contributed by atoms with Crippen LogP contribution in [0.5, 0.6) is 0 Å². The van der Waals surface area contributed by atoms with Gasteiger partial charge in [-0.3, -0.25) is 0 Å². The molecule has 1 aliphatic heterocycles. The molecule has 3 rings (SSSR count). The van der Waals surface area contributed by atoms with Crippen LogP contribution in [0.1, 0.15) is 43.0 Å². The first-order valence-electron chi connectivity index (χ1n) is 7.58. The van der Waals surface area contributed by atoms with E-state index in [0.29, 0.717) is 12.5 Å². The number of piperidine rings is 1. The van der Waals surface area contributed by atoms with Crippen molar-refractivity contribution in [1.29, 1.82) is 0 Å². The van der Waals surface area contributed by atoms with Crippen molar-refractivity contribution >= 4 is 5.95 Å². The van der Waals surface area contributed by atoms with E-state index in [0.717, 1.165) is 36.6 Å². The van der Waals surface area contributed by atoms with Crippen LogP contribution in [0.15, 0.2) is 28.8 Å². The molecule has 0 aliphatic carbocycles. The molecule has 0 N–H and O–H groups in total. The Bertz CT molecular complexity index is 683. The van der Waals surface area contributed by atoms with Crippen molar-refractivity contribution in [3.05, 3.63) is 41.6 Å². The summed E-state index contributed by atoms with van der Waals surface area (Å²) < 4.78 is 44.4. The predicted molar refractivity (Wildman–Crippen MR) is 79.0 cm³/mol. The maximum atomic E-state index is 12.9. The van der Waals surface area contributed by atoms with E-state index in [2.05, 4.69) is 16.9 Å². The number of alkyl halides is 3. The van der Waals surface area contributed by atoms with Crippen LogP contribution >= 0.6 is 0 Å². The summed E-state index contributed by atoms with van der Waals surface area (Å²) >= 11 is 0. The third-order valence-corrected chi connectivity index (χ3v) is 4.14. The smallest absolute Gasteiger partial charge is 0.433 e. The van der Waals surface area contributed by atoms with Gasteiger partial charge >= 0.3 is 6.18 Å². The van der Waals surface area contributed by atoms with Crippen LogP contribution in [0.4, 0.5) is 19.1 Å². The third kappa shape index (κ3) is 3.33. The molecular formula is C16H18F3N3O. The van der Waals surface area contributed by atoms with Crippen molar-refractivity contribution in [2.75, 3.05) is 11.4 Å². The molecule has 3 heterocycles. The summed E-state index contributed by atoms with van der Waals surface area (Å²) in [5.41, 5.74) is -0.921. The topological polar surface area (TPSA) is 42.2 Å². The van der Waals surface area contributed by atoms with Crippen LogP contribution in [0.25, 0.3) is 0 Å². The first-order chi connectivity index (χ1) is 10.8. The molecule has 2 aromatic heterocycles. The average Bonchev–Trinajstić information content (AvgIpc) is 2.93. The van der Waals surface area contributed by atoms with Gasteiger partial charge in [0.1, 0.15) is 17.2 Å². The Hall–Kier alpha value is -2.05. The van der Waals surface area contributed by atoms with Crippen molar-refractivity contribution in [2.24, 2.45) is 5.92 Å². The lowest BCUT2D eigenvalue weighted by molar-refractivity contribution is -0.141. The first kappa shape index (κ1) is 15.8. The molecule has 1 aliphatic rings. The third-order valence-electron chi connectivity index (χ3n) is 4.14. The quantitative estimate of drug-likeness (QED) is 0.822. The summed E-state index contributed by atoms with van der Waals surface area (Å²) in [5, 5.41) is 0. The Kier molecular flexibility index (Phi) is 4.04. The number of anilines is 1. The minimum absolute atomic E-state index is 0.103. The Morgan fingerprint density at radius 3 is 2.70 bits per heavy atom. The van der Waals surface area contributed by atoms with Gasteiger partial charge in [0.15, 0.2) is 0 Å². The van der Waals surface area contributed by atoms with Crippen LogP contribution in [0.2, 0.25) is 0 Å². The Balaban J connectivity index is 1.96. The van der Waals surface area contributed by atoms with Gasteiger partial charge in [-0.1, -0.05) is 6.92 Å². The van der Waals surface area contributed by atoms with Crippen LogP contribution < -0.4 is 4.90 Å². The fourth-order valence-corrected chi connectivity index (χ4v) is 2.93. The van der Waals surface area contributed by atoms with E-state index >= 15 is 0 Å². The second-order valence-corrected chi connectivity index (χ2v) is 6.03. The average molecular weight is 325 g/mol. The number of aromatic nitrogens is 2. The van der Waals surface area contributed by atoms with Gasteiger partial charge in [0, 0.05) is 12.7 Å². The highest BCUT2D eigenvalue weighted by Gasteiger charge is 2.35. The van der Waals surface area contributed by atoms with Crippen LogP contribution in [0.3, 0.4) is 0 Å². The van der Waals surface area contributed by atoms with Crippen LogP contribution in [-0.2, 0) is 6.18 Å². The highest BCUT2D eigenvalue weighted by molar-refractivity contribution is 5.36. The molecule has 0 spiro atoms.